The van der Waals surface area contributed by atoms with Crippen molar-refractivity contribution >= 4 is 16.8 Å². The van der Waals surface area contributed by atoms with Crippen LogP contribution in [0.25, 0.3) is 10.8 Å². The molecule has 0 saturated heterocycles. The molecule has 0 atom stereocenters. The average Bonchev–Trinajstić information content (AvgIpc) is 2.36. The molecule has 0 aliphatic heterocycles. The van der Waals surface area contributed by atoms with Gasteiger partial charge >= 0.3 is 6.03 Å². The van der Waals surface area contributed by atoms with Crippen LogP contribution in [0, 0.1) is 0 Å². The van der Waals surface area contributed by atoms with Crippen molar-refractivity contribution in [1.82, 2.24) is 10.6 Å². The van der Waals surface area contributed by atoms with Crippen molar-refractivity contribution in [3.05, 3.63) is 48.0 Å². The normalized spacial score (nSPS) is 10.2. The Morgan fingerprint density at radius 2 is 1.82 bits per heavy atom. The fraction of sp³-hybridized carbons (Fsp3) is 0.214. The zero-order valence-electron chi connectivity index (χ0n) is 9.86. The number of rotatable bonds is 3. The molecular weight excluding hydrogens is 212 g/mol. The lowest BCUT2D eigenvalue weighted by Crippen LogP contribution is -2.34. The predicted molar refractivity (Wildman–Crippen MR) is 69.9 cm³/mol. The Labute approximate surface area is 101 Å². The van der Waals surface area contributed by atoms with Crippen LogP contribution in [-0.4, -0.2) is 12.6 Å². The molecule has 0 radical (unpaired) electrons. The number of nitrogens with one attached hydrogen (secondary N) is 2. The molecule has 17 heavy (non-hydrogen) atoms. The van der Waals surface area contributed by atoms with Crippen LogP contribution >= 0.6 is 0 Å². The Kier molecular flexibility index (Phi) is 3.60. The van der Waals surface area contributed by atoms with Gasteiger partial charge in [-0.05, 0) is 23.3 Å². The highest BCUT2D eigenvalue weighted by Crippen LogP contribution is 2.17. The predicted octanol–water partition coefficient (Wildman–Crippen LogP) is 2.66. The van der Waals surface area contributed by atoms with Crippen LogP contribution in [0.15, 0.2) is 42.5 Å². The summed E-state index contributed by atoms with van der Waals surface area (Å²) in [6, 6.07) is 14.2. The lowest BCUT2D eigenvalue weighted by molar-refractivity contribution is 0.241. The Hall–Kier alpha value is -2.03. The summed E-state index contributed by atoms with van der Waals surface area (Å²) in [6.45, 7) is 3.09. The fourth-order valence-electron chi connectivity index (χ4n) is 1.85. The van der Waals surface area contributed by atoms with Crippen LogP contribution in [0.3, 0.4) is 0 Å². The van der Waals surface area contributed by atoms with Gasteiger partial charge in [0.2, 0.25) is 0 Å². The number of amides is 2. The maximum absolute atomic E-state index is 11.3. The van der Waals surface area contributed by atoms with E-state index < -0.39 is 0 Å². The maximum Gasteiger partial charge on any atom is 0.315 e. The van der Waals surface area contributed by atoms with Gasteiger partial charge in [-0.2, -0.15) is 0 Å². The van der Waals surface area contributed by atoms with E-state index in [9.17, 15) is 4.79 Å². The zero-order valence-corrected chi connectivity index (χ0v) is 9.86. The highest BCUT2D eigenvalue weighted by atomic mass is 16.2. The molecule has 88 valence electrons. The second kappa shape index (κ2) is 5.34. The molecule has 0 heterocycles. The van der Waals surface area contributed by atoms with Gasteiger partial charge in [-0.25, -0.2) is 4.79 Å². The largest absolute Gasteiger partial charge is 0.338 e. The first-order valence-electron chi connectivity index (χ1n) is 5.79. The minimum absolute atomic E-state index is 0.125. The van der Waals surface area contributed by atoms with Gasteiger partial charge in [0.15, 0.2) is 0 Å². The van der Waals surface area contributed by atoms with E-state index in [1.807, 2.05) is 31.2 Å². The minimum Gasteiger partial charge on any atom is -0.338 e. The number of carbonyl (C=O) groups is 1. The first kappa shape index (κ1) is 11.5. The molecule has 0 bridgehead atoms. The van der Waals surface area contributed by atoms with Gasteiger partial charge in [-0.3, -0.25) is 0 Å². The van der Waals surface area contributed by atoms with E-state index in [-0.39, 0.29) is 6.03 Å². The van der Waals surface area contributed by atoms with Crippen molar-refractivity contribution in [2.24, 2.45) is 0 Å². The molecule has 3 heteroatoms. The molecule has 0 aliphatic rings. The van der Waals surface area contributed by atoms with Crippen LogP contribution in [0.2, 0.25) is 0 Å². The summed E-state index contributed by atoms with van der Waals surface area (Å²) in [5.74, 6) is 0. The zero-order chi connectivity index (χ0) is 12.1. The second-order valence-corrected chi connectivity index (χ2v) is 3.85. The molecule has 0 aromatic heterocycles. The fourth-order valence-corrected chi connectivity index (χ4v) is 1.85. The monoisotopic (exact) mass is 228 g/mol. The van der Waals surface area contributed by atoms with E-state index >= 15 is 0 Å². The summed E-state index contributed by atoms with van der Waals surface area (Å²) in [5.41, 5.74) is 1.13. The first-order chi connectivity index (χ1) is 8.31. The molecule has 0 saturated carbocycles. The Bertz CT molecular complexity index is 517. The van der Waals surface area contributed by atoms with Crippen LogP contribution in [0.5, 0.6) is 0 Å². The van der Waals surface area contributed by atoms with Crippen LogP contribution in [0.1, 0.15) is 12.5 Å². The molecule has 0 spiro atoms. The molecule has 0 aliphatic carbocycles. The van der Waals surface area contributed by atoms with Crippen molar-refractivity contribution < 1.29 is 4.79 Å². The van der Waals surface area contributed by atoms with Gasteiger partial charge in [-0.1, -0.05) is 42.5 Å². The topological polar surface area (TPSA) is 41.1 Å². The highest BCUT2D eigenvalue weighted by Gasteiger charge is 2.02. The summed E-state index contributed by atoms with van der Waals surface area (Å²) in [6.07, 6.45) is 0. The number of hydrogen-bond donors (Lipinski definition) is 2. The number of benzene rings is 2. The molecule has 0 fully saturated rings. The molecular formula is C14H16N2O. The Morgan fingerprint density at radius 3 is 2.65 bits per heavy atom. The van der Waals surface area contributed by atoms with Crippen LogP contribution in [0.4, 0.5) is 4.79 Å². The first-order valence-corrected chi connectivity index (χ1v) is 5.79. The molecule has 0 unspecified atom stereocenters. The van der Waals surface area contributed by atoms with Gasteiger partial charge in [0.25, 0.3) is 0 Å². The second-order valence-electron chi connectivity index (χ2n) is 3.85. The number of carbonyl (C=O) groups excluding carboxylic acids is 1. The van der Waals surface area contributed by atoms with Crippen molar-refractivity contribution in [1.29, 1.82) is 0 Å². The molecule has 3 nitrogen and oxygen atoms in total. The summed E-state index contributed by atoms with van der Waals surface area (Å²) < 4.78 is 0. The highest BCUT2D eigenvalue weighted by molar-refractivity contribution is 5.86. The lowest BCUT2D eigenvalue weighted by Gasteiger charge is -2.08. The van der Waals surface area contributed by atoms with Crippen molar-refractivity contribution in [3.63, 3.8) is 0 Å². The number of fused-ring (bicyclic) bond motifs is 1. The quantitative estimate of drug-likeness (QED) is 0.833. The summed E-state index contributed by atoms with van der Waals surface area (Å²) in [4.78, 5) is 11.3. The van der Waals surface area contributed by atoms with Gasteiger partial charge in [-0.15, -0.1) is 0 Å². The molecule has 2 amide bonds. The van der Waals surface area contributed by atoms with E-state index in [2.05, 4.69) is 28.8 Å². The summed E-state index contributed by atoms with van der Waals surface area (Å²) >= 11 is 0. The third-order valence-electron chi connectivity index (χ3n) is 2.66. The van der Waals surface area contributed by atoms with Crippen molar-refractivity contribution in [3.8, 4) is 0 Å². The van der Waals surface area contributed by atoms with Gasteiger partial charge in [0, 0.05) is 13.1 Å². The summed E-state index contributed by atoms with van der Waals surface area (Å²) in [7, 11) is 0. The summed E-state index contributed by atoms with van der Waals surface area (Å²) in [5, 5.41) is 7.94. The molecule has 2 aromatic carbocycles. The van der Waals surface area contributed by atoms with E-state index in [0.29, 0.717) is 13.1 Å². The van der Waals surface area contributed by atoms with E-state index in [0.717, 1.165) is 5.56 Å². The van der Waals surface area contributed by atoms with Crippen LogP contribution < -0.4 is 10.6 Å². The van der Waals surface area contributed by atoms with Gasteiger partial charge < -0.3 is 10.6 Å². The smallest absolute Gasteiger partial charge is 0.315 e. The minimum atomic E-state index is -0.125. The van der Waals surface area contributed by atoms with Crippen molar-refractivity contribution in [2.75, 3.05) is 6.54 Å². The number of hydrogen-bond acceptors (Lipinski definition) is 1. The Balaban J connectivity index is 2.16. The molecule has 2 aromatic rings. The van der Waals surface area contributed by atoms with Gasteiger partial charge in [0.05, 0.1) is 0 Å². The van der Waals surface area contributed by atoms with Crippen LogP contribution in [-0.2, 0) is 6.54 Å². The SMILES string of the molecule is CCNC(=O)NCc1cccc2ccccc12. The number of urea groups is 1. The standard InChI is InChI=1S/C14H16N2O/c1-2-15-14(17)16-10-12-8-5-7-11-6-3-4-9-13(11)12/h3-9H,2,10H2,1H3,(H2,15,16,17). The molecule has 2 N–H and O–H groups in total. The van der Waals surface area contributed by atoms with Gasteiger partial charge in [0.1, 0.15) is 0 Å². The third-order valence-corrected chi connectivity index (χ3v) is 2.66. The average molecular weight is 228 g/mol. The lowest BCUT2D eigenvalue weighted by atomic mass is 10.0. The van der Waals surface area contributed by atoms with Crippen molar-refractivity contribution in [2.45, 2.75) is 13.5 Å². The van der Waals surface area contributed by atoms with E-state index in [1.54, 1.807) is 0 Å². The van der Waals surface area contributed by atoms with E-state index in [4.69, 9.17) is 0 Å². The Morgan fingerprint density at radius 1 is 1.06 bits per heavy atom. The molecule has 2 rings (SSSR count). The van der Waals surface area contributed by atoms with E-state index in [1.165, 1.54) is 10.8 Å². The maximum atomic E-state index is 11.3. The third kappa shape index (κ3) is 2.75.